The molecule has 2 aromatic carbocycles. The van der Waals surface area contributed by atoms with Crippen LogP contribution in [-0.4, -0.2) is 54.5 Å². The van der Waals surface area contributed by atoms with E-state index < -0.39 is 24.0 Å². The van der Waals surface area contributed by atoms with Crippen molar-refractivity contribution < 1.29 is 33.3 Å². The van der Waals surface area contributed by atoms with E-state index in [-0.39, 0.29) is 18.8 Å². The van der Waals surface area contributed by atoms with Gasteiger partial charge < -0.3 is 24.2 Å². The average Bonchev–Trinajstić information content (AvgIpc) is 2.90. The Labute approximate surface area is 218 Å². The fourth-order valence-corrected chi connectivity index (χ4v) is 4.66. The first kappa shape index (κ1) is 28.4. The predicted octanol–water partition coefficient (Wildman–Crippen LogP) is 6.10. The topological polar surface area (TPSA) is 85.3 Å². The van der Waals surface area contributed by atoms with Crippen molar-refractivity contribution >= 4 is 12.1 Å². The number of nitrogens with zero attached hydrogens (tertiary/aromatic N) is 1. The summed E-state index contributed by atoms with van der Waals surface area (Å²) in [6.45, 7) is 3.14. The minimum Gasteiger partial charge on any atom is -0.492 e. The summed E-state index contributed by atoms with van der Waals surface area (Å²) in [5, 5.41) is 9.26. The Balaban J connectivity index is 1.53. The first-order valence-electron chi connectivity index (χ1n) is 13.2. The maximum Gasteiger partial charge on any atom is 0.415 e. The highest BCUT2D eigenvalue weighted by molar-refractivity contribution is 5.72. The third-order valence-electron chi connectivity index (χ3n) is 6.67. The van der Waals surface area contributed by atoms with Crippen LogP contribution in [0.5, 0.6) is 11.5 Å². The van der Waals surface area contributed by atoms with Gasteiger partial charge in [0.15, 0.2) is 17.7 Å². The van der Waals surface area contributed by atoms with Crippen LogP contribution in [0.1, 0.15) is 57.4 Å². The van der Waals surface area contributed by atoms with Crippen LogP contribution in [0.3, 0.4) is 0 Å². The van der Waals surface area contributed by atoms with Crippen LogP contribution in [0.2, 0.25) is 0 Å². The van der Waals surface area contributed by atoms with Gasteiger partial charge in [0.1, 0.15) is 12.4 Å². The van der Waals surface area contributed by atoms with Gasteiger partial charge >= 0.3 is 12.1 Å². The number of ether oxygens (including phenoxy) is 3. The molecule has 0 bridgehead atoms. The molecule has 0 aromatic heterocycles. The second kappa shape index (κ2) is 15.2. The van der Waals surface area contributed by atoms with Crippen LogP contribution >= 0.6 is 0 Å². The Bertz CT molecular complexity index is 977. The average molecular weight is 516 g/mol. The minimum absolute atomic E-state index is 0.0898. The molecular formula is C29H38FNO6. The minimum atomic E-state index is -0.993. The SMILES string of the molecule is CCOC(Cc1ccc(OCCN(CCCC2CCCCC2)C(=O)Oc2ccccc2F)cc1)C(=O)O. The normalized spacial score (nSPS) is 14.6. The lowest BCUT2D eigenvalue weighted by molar-refractivity contribution is -0.149. The van der Waals surface area contributed by atoms with Gasteiger partial charge in [-0.2, -0.15) is 0 Å². The zero-order valence-corrected chi connectivity index (χ0v) is 21.6. The largest absolute Gasteiger partial charge is 0.492 e. The summed E-state index contributed by atoms with van der Waals surface area (Å²) in [4.78, 5) is 25.7. The number of carboxylic acid groups (broad SMARTS) is 1. The van der Waals surface area contributed by atoms with Crippen molar-refractivity contribution in [1.82, 2.24) is 4.90 Å². The molecule has 37 heavy (non-hydrogen) atoms. The summed E-state index contributed by atoms with van der Waals surface area (Å²) in [6, 6.07) is 13.0. The molecule has 1 saturated carbocycles. The lowest BCUT2D eigenvalue weighted by Crippen LogP contribution is -2.37. The van der Waals surface area contributed by atoms with E-state index >= 15 is 0 Å². The molecule has 3 rings (SSSR count). The lowest BCUT2D eigenvalue weighted by Gasteiger charge is -2.25. The van der Waals surface area contributed by atoms with Crippen molar-refractivity contribution in [2.75, 3.05) is 26.3 Å². The van der Waals surface area contributed by atoms with Crippen LogP contribution in [0.4, 0.5) is 9.18 Å². The highest BCUT2D eigenvalue weighted by Gasteiger charge is 2.20. The van der Waals surface area contributed by atoms with Gasteiger partial charge in [-0.25, -0.2) is 14.0 Å². The second-order valence-corrected chi connectivity index (χ2v) is 9.41. The quantitative estimate of drug-likeness (QED) is 0.327. The number of halogens is 1. The molecule has 1 fully saturated rings. The third-order valence-corrected chi connectivity index (χ3v) is 6.67. The molecule has 0 aliphatic heterocycles. The van der Waals surface area contributed by atoms with Crippen LogP contribution in [-0.2, 0) is 16.0 Å². The summed E-state index contributed by atoms with van der Waals surface area (Å²) in [5.41, 5.74) is 0.825. The number of carbonyl (C=O) groups excluding carboxylic acids is 1. The van der Waals surface area contributed by atoms with Crippen molar-refractivity contribution in [3.63, 3.8) is 0 Å². The van der Waals surface area contributed by atoms with E-state index in [0.717, 1.165) is 18.4 Å². The van der Waals surface area contributed by atoms with Gasteiger partial charge in [-0.15, -0.1) is 0 Å². The number of carboxylic acids is 1. The highest BCUT2D eigenvalue weighted by atomic mass is 19.1. The molecule has 1 atom stereocenters. The number of rotatable bonds is 14. The maximum atomic E-state index is 14.0. The summed E-state index contributed by atoms with van der Waals surface area (Å²) in [5.74, 6) is -0.349. The Morgan fingerprint density at radius 1 is 1.05 bits per heavy atom. The Morgan fingerprint density at radius 2 is 1.78 bits per heavy atom. The van der Waals surface area contributed by atoms with Crippen molar-refractivity contribution in [2.45, 2.75) is 64.4 Å². The number of para-hydroxylation sites is 1. The molecule has 1 aliphatic rings. The molecule has 8 heteroatoms. The summed E-state index contributed by atoms with van der Waals surface area (Å²) < 4.78 is 30.5. The Kier molecular flexibility index (Phi) is 11.7. The number of benzene rings is 2. The molecule has 1 aliphatic carbocycles. The third kappa shape index (κ3) is 9.69. The van der Waals surface area contributed by atoms with Crippen molar-refractivity contribution in [1.29, 1.82) is 0 Å². The first-order chi connectivity index (χ1) is 18.0. The second-order valence-electron chi connectivity index (χ2n) is 9.41. The van der Waals surface area contributed by atoms with Crippen molar-refractivity contribution in [2.24, 2.45) is 5.92 Å². The standard InChI is InChI=1S/C29H38FNO6/c1-2-35-27(28(32)33)21-23-14-16-24(17-15-23)36-20-19-31(18-8-11-22-9-4-3-5-10-22)29(34)37-26-13-7-6-12-25(26)30/h6-7,12-17,22,27H,2-5,8-11,18-21H2,1H3,(H,32,33). The van der Waals surface area contributed by atoms with Crippen LogP contribution in [0.25, 0.3) is 0 Å². The van der Waals surface area contributed by atoms with Crippen molar-refractivity contribution in [3.05, 3.63) is 59.9 Å². The van der Waals surface area contributed by atoms with Gasteiger partial charge in [0.05, 0.1) is 6.54 Å². The van der Waals surface area contributed by atoms with Crippen LogP contribution < -0.4 is 9.47 Å². The fourth-order valence-electron chi connectivity index (χ4n) is 4.66. The van der Waals surface area contributed by atoms with Gasteiger partial charge in [-0.05, 0) is 55.5 Å². The zero-order valence-electron chi connectivity index (χ0n) is 21.6. The van der Waals surface area contributed by atoms with E-state index in [1.165, 1.54) is 44.2 Å². The zero-order chi connectivity index (χ0) is 26.5. The molecule has 1 amide bonds. The molecule has 0 heterocycles. The smallest absolute Gasteiger partial charge is 0.415 e. The Hall–Kier alpha value is -3.13. The van der Waals surface area contributed by atoms with E-state index in [1.54, 1.807) is 48.2 Å². The number of hydrogen-bond acceptors (Lipinski definition) is 5. The monoisotopic (exact) mass is 515 g/mol. The molecule has 2 aromatic rings. The summed E-state index contributed by atoms with van der Waals surface area (Å²) >= 11 is 0. The molecule has 1 unspecified atom stereocenters. The van der Waals surface area contributed by atoms with Gasteiger partial charge in [-0.3, -0.25) is 0 Å². The molecule has 1 N–H and O–H groups in total. The Morgan fingerprint density at radius 3 is 2.46 bits per heavy atom. The molecule has 7 nitrogen and oxygen atoms in total. The molecule has 0 saturated heterocycles. The summed E-state index contributed by atoms with van der Waals surface area (Å²) in [7, 11) is 0. The van der Waals surface area contributed by atoms with Gasteiger partial charge in [0.25, 0.3) is 0 Å². The predicted molar refractivity (Wildman–Crippen MR) is 138 cm³/mol. The van der Waals surface area contributed by atoms with E-state index in [4.69, 9.17) is 14.2 Å². The van der Waals surface area contributed by atoms with Gasteiger partial charge in [0.2, 0.25) is 0 Å². The maximum absolute atomic E-state index is 14.0. The lowest BCUT2D eigenvalue weighted by atomic mass is 9.86. The van der Waals surface area contributed by atoms with E-state index in [9.17, 15) is 19.1 Å². The molecule has 202 valence electrons. The highest BCUT2D eigenvalue weighted by Crippen LogP contribution is 2.27. The summed E-state index contributed by atoms with van der Waals surface area (Å²) in [6.07, 6.45) is 7.05. The number of aliphatic carboxylic acids is 1. The number of amides is 1. The van der Waals surface area contributed by atoms with E-state index in [0.29, 0.717) is 31.4 Å². The van der Waals surface area contributed by atoms with Crippen LogP contribution in [0.15, 0.2) is 48.5 Å². The fraction of sp³-hybridized carbons (Fsp3) is 0.517. The van der Waals surface area contributed by atoms with Gasteiger partial charge in [-0.1, -0.05) is 56.4 Å². The number of hydrogen-bond donors (Lipinski definition) is 1. The van der Waals surface area contributed by atoms with E-state index in [2.05, 4.69) is 0 Å². The van der Waals surface area contributed by atoms with E-state index in [1.807, 2.05) is 0 Å². The number of carbonyl (C=O) groups is 2. The van der Waals surface area contributed by atoms with Crippen LogP contribution in [0, 0.1) is 11.7 Å². The first-order valence-corrected chi connectivity index (χ1v) is 13.2. The molecular weight excluding hydrogens is 477 g/mol. The molecule has 0 radical (unpaired) electrons. The van der Waals surface area contributed by atoms with Gasteiger partial charge in [0, 0.05) is 19.6 Å². The van der Waals surface area contributed by atoms with Crippen molar-refractivity contribution in [3.8, 4) is 11.5 Å². The molecule has 0 spiro atoms.